The van der Waals surface area contributed by atoms with Crippen LogP contribution in [-0.2, 0) is 11.2 Å². The Morgan fingerprint density at radius 3 is 2.43 bits per heavy atom. The van der Waals surface area contributed by atoms with Crippen molar-refractivity contribution in [3.63, 3.8) is 0 Å². The minimum Gasteiger partial charge on any atom is -0.376 e. The molecule has 0 aliphatic heterocycles. The Hall–Kier alpha value is -2.29. The van der Waals surface area contributed by atoms with E-state index in [1.807, 2.05) is 36.4 Å². The van der Waals surface area contributed by atoms with Crippen LogP contribution in [-0.4, -0.2) is 12.5 Å². The Labute approximate surface area is 126 Å². The fourth-order valence-electron chi connectivity index (χ4n) is 2.15. The molecule has 0 atom stereocenters. The van der Waals surface area contributed by atoms with Gasteiger partial charge in [-0.05, 0) is 55.2 Å². The van der Waals surface area contributed by atoms with E-state index in [9.17, 15) is 4.79 Å². The first kappa shape index (κ1) is 15.1. The van der Waals surface area contributed by atoms with Gasteiger partial charge in [0.05, 0.1) is 6.54 Å². The molecule has 2 rings (SSSR count). The molecule has 0 radical (unpaired) electrons. The normalized spacial score (nSPS) is 10.2. The average molecular weight is 282 g/mol. The van der Waals surface area contributed by atoms with Gasteiger partial charge in [0.25, 0.3) is 0 Å². The molecule has 3 heteroatoms. The summed E-state index contributed by atoms with van der Waals surface area (Å²) in [4.78, 5) is 12.0. The number of anilines is 2. The highest BCUT2D eigenvalue weighted by Gasteiger charge is 2.04. The molecule has 0 aromatic heterocycles. The highest BCUT2D eigenvalue weighted by Crippen LogP contribution is 2.17. The lowest BCUT2D eigenvalue weighted by Gasteiger charge is -2.11. The molecule has 110 valence electrons. The van der Waals surface area contributed by atoms with Gasteiger partial charge in [-0.3, -0.25) is 4.79 Å². The summed E-state index contributed by atoms with van der Waals surface area (Å²) >= 11 is 0. The Morgan fingerprint density at radius 2 is 1.76 bits per heavy atom. The lowest BCUT2D eigenvalue weighted by atomic mass is 10.1. The van der Waals surface area contributed by atoms with E-state index in [1.165, 1.54) is 16.7 Å². The maximum atomic E-state index is 12.0. The van der Waals surface area contributed by atoms with Gasteiger partial charge < -0.3 is 10.6 Å². The molecule has 0 aliphatic rings. The van der Waals surface area contributed by atoms with Gasteiger partial charge in [0.2, 0.25) is 5.91 Å². The van der Waals surface area contributed by atoms with Crippen LogP contribution in [0.1, 0.15) is 23.6 Å². The molecular weight excluding hydrogens is 260 g/mol. The molecule has 3 nitrogen and oxygen atoms in total. The summed E-state index contributed by atoms with van der Waals surface area (Å²) in [5.74, 6) is -0.0415. The zero-order valence-electron chi connectivity index (χ0n) is 12.9. The van der Waals surface area contributed by atoms with Crippen LogP contribution < -0.4 is 10.6 Å². The van der Waals surface area contributed by atoms with E-state index in [1.54, 1.807) is 0 Å². The Bertz CT molecular complexity index is 618. The fourth-order valence-corrected chi connectivity index (χ4v) is 2.15. The molecule has 2 aromatic carbocycles. The summed E-state index contributed by atoms with van der Waals surface area (Å²) in [6.07, 6.45) is 1.00. The van der Waals surface area contributed by atoms with E-state index in [0.29, 0.717) is 0 Å². The third-order valence-corrected chi connectivity index (χ3v) is 3.69. The topological polar surface area (TPSA) is 41.1 Å². The van der Waals surface area contributed by atoms with Gasteiger partial charge in [-0.25, -0.2) is 0 Å². The van der Waals surface area contributed by atoms with Crippen molar-refractivity contribution in [1.29, 1.82) is 0 Å². The quantitative estimate of drug-likeness (QED) is 0.872. The summed E-state index contributed by atoms with van der Waals surface area (Å²) in [5, 5.41) is 6.08. The first-order valence-corrected chi connectivity index (χ1v) is 7.29. The second kappa shape index (κ2) is 6.93. The summed E-state index contributed by atoms with van der Waals surface area (Å²) in [5.41, 5.74) is 5.50. The van der Waals surface area contributed by atoms with Gasteiger partial charge in [0.1, 0.15) is 0 Å². The van der Waals surface area contributed by atoms with E-state index in [2.05, 4.69) is 37.5 Å². The summed E-state index contributed by atoms with van der Waals surface area (Å²) < 4.78 is 0. The third-order valence-electron chi connectivity index (χ3n) is 3.69. The number of nitrogens with one attached hydrogen (secondary N) is 2. The minimum absolute atomic E-state index is 0.0415. The van der Waals surface area contributed by atoms with Crippen molar-refractivity contribution in [3.05, 3.63) is 59.2 Å². The number of hydrogen-bond acceptors (Lipinski definition) is 2. The Morgan fingerprint density at radius 1 is 1.05 bits per heavy atom. The molecule has 0 fully saturated rings. The zero-order chi connectivity index (χ0) is 15.2. The van der Waals surface area contributed by atoms with Crippen LogP contribution >= 0.6 is 0 Å². The highest BCUT2D eigenvalue weighted by atomic mass is 16.1. The molecule has 1 amide bonds. The first-order chi connectivity index (χ1) is 10.1. The Balaban J connectivity index is 1.91. The SMILES string of the molecule is CCc1ccc(NC(=O)CNc2cccc(C)c2C)cc1. The summed E-state index contributed by atoms with van der Waals surface area (Å²) in [7, 11) is 0. The molecular formula is C18H22N2O. The molecule has 0 saturated heterocycles. The van der Waals surface area contributed by atoms with E-state index in [0.717, 1.165) is 17.8 Å². The average Bonchev–Trinajstić information content (AvgIpc) is 2.49. The molecule has 0 heterocycles. The standard InChI is InChI=1S/C18H22N2O/c1-4-15-8-10-16(11-9-15)20-18(21)12-19-17-7-5-6-13(2)14(17)3/h5-11,19H,4,12H2,1-3H3,(H,20,21). The number of aryl methyl sites for hydroxylation is 2. The largest absolute Gasteiger partial charge is 0.376 e. The van der Waals surface area contributed by atoms with Crippen molar-refractivity contribution in [2.75, 3.05) is 17.2 Å². The predicted octanol–water partition coefficient (Wildman–Crippen LogP) is 3.92. The van der Waals surface area contributed by atoms with Crippen molar-refractivity contribution in [2.24, 2.45) is 0 Å². The fraction of sp³-hybridized carbons (Fsp3) is 0.278. The van der Waals surface area contributed by atoms with E-state index in [-0.39, 0.29) is 12.5 Å². The number of carbonyl (C=O) groups excluding carboxylic acids is 1. The van der Waals surface area contributed by atoms with Crippen LogP contribution in [0.5, 0.6) is 0 Å². The van der Waals surface area contributed by atoms with E-state index < -0.39 is 0 Å². The number of benzene rings is 2. The molecule has 2 aromatic rings. The molecule has 0 bridgehead atoms. The van der Waals surface area contributed by atoms with Crippen LogP contribution in [0, 0.1) is 13.8 Å². The van der Waals surface area contributed by atoms with Crippen molar-refractivity contribution in [1.82, 2.24) is 0 Å². The molecule has 0 unspecified atom stereocenters. The molecule has 0 spiro atoms. The number of rotatable bonds is 5. The van der Waals surface area contributed by atoms with Crippen LogP contribution in [0.25, 0.3) is 0 Å². The highest BCUT2D eigenvalue weighted by molar-refractivity contribution is 5.93. The second-order valence-electron chi connectivity index (χ2n) is 5.20. The number of carbonyl (C=O) groups is 1. The monoisotopic (exact) mass is 282 g/mol. The van der Waals surface area contributed by atoms with Crippen molar-refractivity contribution in [3.8, 4) is 0 Å². The van der Waals surface area contributed by atoms with Gasteiger partial charge in [0.15, 0.2) is 0 Å². The van der Waals surface area contributed by atoms with E-state index >= 15 is 0 Å². The molecule has 0 aliphatic carbocycles. The second-order valence-corrected chi connectivity index (χ2v) is 5.20. The van der Waals surface area contributed by atoms with Gasteiger partial charge >= 0.3 is 0 Å². The summed E-state index contributed by atoms with van der Waals surface area (Å²) in [6, 6.07) is 14.0. The van der Waals surface area contributed by atoms with Gasteiger partial charge in [-0.15, -0.1) is 0 Å². The van der Waals surface area contributed by atoms with Crippen LogP contribution in [0.15, 0.2) is 42.5 Å². The van der Waals surface area contributed by atoms with Gasteiger partial charge in [0, 0.05) is 11.4 Å². The van der Waals surface area contributed by atoms with Crippen LogP contribution in [0.2, 0.25) is 0 Å². The first-order valence-electron chi connectivity index (χ1n) is 7.29. The van der Waals surface area contributed by atoms with Crippen molar-refractivity contribution < 1.29 is 4.79 Å². The number of amides is 1. The molecule has 2 N–H and O–H groups in total. The zero-order valence-corrected chi connectivity index (χ0v) is 12.9. The lowest BCUT2D eigenvalue weighted by molar-refractivity contribution is -0.114. The van der Waals surface area contributed by atoms with Gasteiger partial charge in [-0.1, -0.05) is 31.2 Å². The van der Waals surface area contributed by atoms with Crippen molar-refractivity contribution >= 4 is 17.3 Å². The van der Waals surface area contributed by atoms with Crippen LogP contribution in [0.4, 0.5) is 11.4 Å². The minimum atomic E-state index is -0.0415. The number of hydrogen-bond donors (Lipinski definition) is 2. The summed E-state index contributed by atoms with van der Waals surface area (Å²) in [6.45, 7) is 6.50. The smallest absolute Gasteiger partial charge is 0.243 e. The molecule has 21 heavy (non-hydrogen) atoms. The van der Waals surface area contributed by atoms with Gasteiger partial charge in [-0.2, -0.15) is 0 Å². The van der Waals surface area contributed by atoms with E-state index in [4.69, 9.17) is 0 Å². The molecule has 0 saturated carbocycles. The Kier molecular flexibility index (Phi) is 4.99. The van der Waals surface area contributed by atoms with Crippen LogP contribution in [0.3, 0.4) is 0 Å². The maximum Gasteiger partial charge on any atom is 0.243 e. The van der Waals surface area contributed by atoms with Crippen molar-refractivity contribution in [2.45, 2.75) is 27.2 Å². The predicted molar refractivity (Wildman–Crippen MR) is 88.9 cm³/mol. The maximum absolute atomic E-state index is 12.0. The lowest BCUT2D eigenvalue weighted by Crippen LogP contribution is -2.22. The third kappa shape index (κ3) is 4.09.